The molecule has 0 atom stereocenters. The monoisotopic (exact) mass is 368 g/mol. The number of rotatable bonds is 3. The number of carbonyl (C=O) groups is 2. The third-order valence-corrected chi connectivity index (χ3v) is 7.57. The van der Waals surface area contributed by atoms with Crippen molar-refractivity contribution in [1.82, 2.24) is 9.88 Å². The van der Waals surface area contributed by atoms with Crippen LogP contribution in [0.5, 0.6) is 0 Å². The minimum absolute atomic E-state index is 0.0327. The number of nitrogens with one attached hydrogen (secondary N) is 1. The van der Waals surface area contributed by atoms with Crippen molar-refractivity contribution in [3.63, 3.8) is 0 Å². The van der Waals surface area contributed by atoms with E-state index in [9.17, 15) is 14.4 Å². The van der Waals surface area contributed by atoms with Crippen LogP contribution in [0.3, 0.4) is 0 Å². The maximum Gasteiger partial charge on any atom is 0.261 e. The molecule has 1 N–H and O–H groups in total. The minimum atomic E-state index is -0.356. The Hall–Kier alpha value is -1.91. The summed E-state index contributed by atoms with van der Waals surface area (Å²) in [5.41, 5.74) is 1.24. The van der Waals surface area contributed by atoms with Crippen molar-refractivity contribution < 1.29 is 9.59 Å². The van der Waals surface area contributed by atoms with Gasteiger partial charge in [-0.05, 0) is 80.6 Å². The van der Waals surface area contributed by atoms with Crippen LogP contribution in [0.1, 0.15) is 77.8 Å². The predicted molar refractivity (Wildman–Crippen MR) is 102 cm³/mol. The summed E-state index contributed by atoms with van der Waals surface area (Å²) in [4.78, 5) is 42.3. The summed E-state index contributed by atoms with van der Waals surface area (Å²) in [6, 6.07) is 1.55. The first-order valence-electron chi connectivity index (χ1n) is 10.5. The molecule has 0 aromatic carbocycles. The average molecular weight is 368 g/mol. The molecular formula is C22H28N2O3. The van der Waals surface area contributed by atoms with Gasteiger partial charge in [0, 0.05) is 31.3 Å². The molecule has 1 heterocycles. The summed E-state index contributed by atoms with van der Waals surface area (Å²) in [7, 11) is 1.82. The highest BCUT2D eigenvalue weighted by Crippen LogP contribution is 2.60. The van der Waals surface area contributed by atoms with Crippen LogP contribution in [0.25, 0.3) is 0 Å². The first kappa shape index (κ1) is 17.2. The summed E-state index contributed by atoms with van der Waals surface area (Å²) >= 11 is 0. The molecule has 5 aliphatic rings. The lowest BCUT2D eigenvalue weighted by molar-refractivity contribution is -0.0629. The number of H-pyrrole nitrogens is 1. The number of carbonyl (C=O) groups excluding carboxylic acids is 2. The van der Waals surface area contributed by atoms with Crippen LogP contribution in [0.2, 0.25) is 0 Å². The second-order valence-electron chi connectivity index (χ2n) is 9.76. The van der Waals surface area contributed by atoms with Gasteiger partial charge in [-0.2, -0.15) is 0 Å². The van der Waals surface area contributed by atoms with Gasteiger partial charge in [0.2, 0.25) is 0 Å². The van der Waals surface area contributed by atoms with Crippen molar-refractivity contribution in [2.45, 2.75) is 57.8 Å². The molecule has 0 spiro atoms. The van der Waals surface area contributed by atoms with Crippen molar-refractivity contribution in [1.29, 1.82) is 0 Å². The highest BCUT2D eigenvalue weighted by atomic mass is 16.2. The molecule has 6 rings (SSSR count). The van der Waals surface area contributed by atoms with Crippen LogP contribution in [0.4, 0.5) is 0 Å². The Balaban J connectivity index is 1.39. The normalized spacial score (nSPS) is 33.8. The van der Waals surface area contributed by atoms with E-state index in [1.54, 1.807) is 11.0 Å². The number of aromatic nitrogens is 1. The van der Waals surface area contributed by atoms with E-state index < -0.39 is 0 Å². The Bertz CT molecular complexity index is 834. The van der Waals surface area contributed by atoms with Gasteiger partial charge in [0.05, 0.1) is 0 Å². The summed E-state index contributed by atoms with van der Waals surface area (Å²) in [5, 5.41) is 0. The Morgan fingerprint density at radius 3 is 2.37 bits per heavy atom. The zero-order valence-corrected chi connectivity index (χ0v) is 16.1. The largest absolute Gasteiger partial charge is 0.341 e. The number of hydrogen-bond acceptors (Lipinski definition) is 3. The van der Waals surface area contributed by atoms with Gasteiger partial charge in [-0.25, -0.2) is 0 Å². The first-order valence-corrected chi connectivity index (χ1v) is 10.5. The van der Waals surface area contributed by atoms with E-state index in [0.29, 0.717) is 24.1 Å². The summed E-state index contributed by atoms with van der Waals surface area (Å²) in [6.07, 6.45) is 9.79. The average Bonchev–Trinajstić information content (AvgIpc) is 2.59. The van der Waals surface area contributed by atoms with Gasteiger partial charge in [0.15, 0.2) is 5.78 Å². The number of aryl methyl sites for hydroxylation is 1. The molecular weight excluding hydrogens is 340 g/mol. The van der Waals surface area contributed by atoms with Gasteiger partial charge >= 0.3 is 0 Å². The SMILES string of the molecule is CN(CC12CC3CC(CC(C3)C1)C2)C(=O)c1cc2c([nH]c1=O)CCCC2=O. The molecule has 1 aromatic heterocycles. The van der Waals surface area contributed by atoms with E-state index in [1.165, 1.54) is 38.5 Å². The zero-order valence-electron chi connectivity index (χ0n) is 16.1. The molecule has 0 radical (unpaired) electrons. The summed E-state index contributed by atoms with van der Waals surface area (Å²) < 4.78 is 0. The number of Topliss-reactive ketones (excluding diaryl/α,β-unsaturated/α-hetero) is 1. The van der Waals surface area contributed by atoms with Crippen LogP contribution in [0.15, 0.2) is 10.9 Å². The quantitative estimate of drug-likeness (QED) is 0.891. The molecule has 0 saturated heterocycles. The van der Waals surface area contributed by atoms with Crippen molar-refractivity contribution >= 4 is 11.7 Å². The maximum atomic E-state index is 13.1. The van der Waals surface area contributed by atoms with Crippen molar-refractivity contribution in [3.05, 3.63) is 33.2 Å². The van der Waals surface area contributed by atoms with Crippen molar-refractivity contribution in [3.8, 4) is 0 Å². The van der Waals surface area contributed by atoms with Crippen LogP contribution < -0.4 is 5.56 Å². The lowest BCUT2D eigenvalue weighted by Crippen LogP contribution is -2.51. The standard InChI is InChI=1S/C22H28N2O3/c1-24(12-22-9-13-5-14(10-22)7-15(6-13)11-22)21(27)17-8-16-18(23-20(17)26)3-2-4-19(16)25/h8,13-15H,2-7,9-12H2,1H3,(H,23,26). The Morgan fingerprint density at radius 1 is 1.11 bits per heavy atom. The topological polar surface area (TPSA) is 70.2 Å². The lowest BCUT2D eigenvalue weighted by Gasteiger charge is -2.57. The summed E-state index contributed by atoms with van der Waals surface area (Å²) in [5.74, 6) is 2.30. The summed E-state index contributed by atoms with van der Waals surface area (Å²) in [6.45, 7) is 0.736. The van der Waals surface area contributed by atoms with Crippen molar-refractivity contribution in [2.24, 2.45) is 23.2 Å². The minimum Gasteiger partial charge on any atom is -0.341 e. The fraction of sp³-hybridized carbons (Fsp3) is 0.682. The molecule has 4 saturated carbocycles. The second-order valence-corrected chi connectivity index (χ2v) is 9.76. The fourth-order valence-electron chi connectivity index (χ4n) is 7.00. The number of ketones is 1. The van der Waals surface area contributed by atoms with E-state index >= 15 is 0 Å². The van der Waals surface area contributed by atoms with Gasteiger partial charge in [0.1, 0.15) is 5.56 Å². The molecule has 5 nitrogen and oxygen atoms in total. The van der Waals surface area contributed by atoms with Gasteiger partial charge in [-0.15, -0.1) is 0 Å². The third kappa shape index (κ3) is 2.86. The van der Waals surface area contributed by atoms with Crippen LogP contribution in [-0.2, 0) is 6.42 Å². The smallest absolute Gasteiger partial charge is 0.261 e. The molecule has 1 aromatic rings. The van der Waals surface area contributed by atoms with Gasteiger partial charge in [0.25, 0.3) is 11.5 Å². The van der Waals surface area contributed by atoms with Crippen LogP contribution in [-0.4, -0.2) is 35.2 Å². The first-order chi connectivity index (χ1) is 12.9. The number of pyridine rings is 1. The molecule has 4 bridgehead atoms. The van der Waals surface area contributed by atoms with E-state index in [2.05, 4.69) is 4.98 Å². The van der Waals surface area contributed by atoms with E-state index in [4.69, 9.17) is 0 Å². The van der Waals surface area contributed by atoms with Gasteiger partial charge in [-0.3, -0.25) is 14.4 Å². The van der Waals surface area contributed by atoms with E-state index in [0.717, 1.165) is 30.7 Å². The third-order valence-electron chi connectivity index (χ3n) is 7.57. The Labute approximate surface area is 159 Å². The fourth-order valence-corrected chi connectivity index (χ4v) is 7.00. The van der Waals surface area contributed by atoms with E-state index in [-0.39, 0.29) is 28.2 Å². The molecule has 27 heavy (non-hydrogen) atoms. The van der Waals surface area contributed by atoms with Crippen molar-refractivity contribution in [2.75, 3.05) is 13.6 Å². The molecule has 1 amide bonds. The number of nitrogens with zero attached hydrogens (tertiary/aromatic N) is 1. The second kappa shape index (κ2) is 6.05. The van der Waals surface area contributed by atoms with E-state index in [1.807, 2.05) is 7.05 Å². The number of fused-ring (bicyclic) bond motifs is 1. The number of aromatic amines is 1. The number of hydrogen-bond donors (Lipinski definition) is 1. The molecule has 5 heteroatoms. The highest BCUT2D eigenvalue weighted by Gasteiger charge is 2.51. The highest BCUT2D eigenvalue weighted by molar-refractivity contribution is 6.01. The predicted octanol–water partition coefficient (Wildman–Crippen LogP) is 3.18. The lowest BCUT2D eigenvalue weighted by atomic mass is 9.49. The molecule has 5 aliphatic carbocycles. The van der Waals surface area contributed by atoms with Gasteiger partial charge in [-0.1, -0.05) is 0 Å². The molecule has 4 fully saturated rings. The molecule has 0 unspecified atom stereocenters. The maximum absolute atomic E-state index is 13.1. The molecule has 0 aliphatic heterocycles. The Morgan fingerprint density at radius 2 is 1.74 bits per heavy atom. The molecule has 144 valence electrons. The Kier molecular flexibility index (Phi) is 3.85. The van der Waals surface area contributed by atoms with Crippen LogP contribution >= 0.6 is 0 Å². The van der Waals surface area contributed by atoms with Gasteiger partial charge < -0.3 is 9.88 Å². The van der Waals surface area contributed by atoms with Crippen LogP contribution in [0, 0.1) is 23.2 Å². The number of amides is 1. The zero-order chi connectivity index (χ0) is 18.8.